The van der Waals surface area contributed by atoms with Crippen LogP contribution in [0.5, 0.6) is 0 Å². The monoisotopic (exact) mass is 624 g/mol. The van der Waals surface area contributed by atoms with Gasteiger partial charge in [-0.3, -0.25) is 5.14 Å². The Hall–Kier alpha value is -4.00. The molecule has 220 valence electrons. The van der Waals surface area contributed by atoms with Crippen LogP contribution in [0.3, 0.4) is 0 Å². The van der Waals surface area contributed by atoms with Gasteiger partial charge >= 0.3 is 12.1 Å². The molecule has 1 aliphatic rings. The molecule has 0 unspecified atom stereocenters. The average Bonchev–Trinajstić information content (AvgIpc) is 3.54. The van der Waals surface area contributed by atoms with Gasteiger partial charge < -0.3 is 5.11 Å². The molecule has 43 heavy (non-hydrogen) atoms. The minimum absolute atomic E-state index is 0.0859. The van der Waals surface area contributed by atoms with Crippen molar-refractivity contribution in [2.45, 2.75) is 36.8 Å². The number of carboxylic acids is 1. The maximum Gasteiger partial charge on any atom is 0.416 e. The molecule has 6 nitrogen and oxygen atoms in total. The summed E-state index contributed by atoms with van der Waals surface area (Å²) in [6, 6.07) is 17.2. The second-order valence-corrected chi connectivity index (χ2v) is 11.9. The van der Waals surface area contributed by atoms with Crippen LogP contribution < -0.4 is 5.14 Å². The number of nitrogens with zero attached hydrogens (tertiary/aromatic N) is 3. The fourth-order valence-electron chi connectivity index (χ4n) is 4.98. The lowest BCUT2D eigenvalue weighted by Crippen LogP contribution is -2.06. The number of carbonyl (C=O) groups is 1. The van der Waals surface area contributed by atoms with Gasteiger partial charge in [-0.2, -0.15) is 18.3 Å². The van der Waals surface area contributed by atoms with Crippen LogP contribution in [0.1, 0.15) is 45.7 Å². The smallest absolute Gasteiger partial charge is 0.416 e. The fraction of sp³-hybridized carbons (Fsp3) is 0.194. The van der Waals surface area contributed by atoms with E-state index in [1.54, 1.807) is 10.7 Å². The van der Waals surface area contributed by atoms with Crippen molar-refractivity contribution in [1.29, 1.82) is 0 Å². The van der Waals surface area contributed by atoms with Crippen LogP contribution in [-0.2, 0) is 19.0 Å². The Kier molecular flexibility index (Phi) is 7.84. The van der Waals surface area contributed by atoms with Crippen LogP contribution in [0.15, 0.2) is 77.0 Å². The molecule has 0 atom stereocenters. The predicted octanol–water partition coefficient (Wildman–Crippen LogP) is 8.03. The van der Waals surface area contributed by atoms with Crippen molar-refractivity contribution in [3.8, 4) is 27.5 Å². The van der Waals surface area contributed by atoms with E-state index < -0.39 is 23.5 Å². The summed E-state index contributed by atoms with van der Waals surface area (Å²) in [4.78, 5) is 16.2. The minimum atomic E-state index is -4.43. The number of benzene rings is 3. The highest BCUT2D eigenvalue weighted by Crippen LogP contribution is 2.39. The number of aromatic carboxylic acids is 1. The van der Waals surface area contributed by atoms with Gasteiger partial charge in [-0.05, 0) is 84.2 Å². The molecule has 3 N–H and O–H groups in total. The van der Waals surface area contributed by atoms with E-state index in [9.17, 15) is 27.5 Å². The van der Waals surface area contributed by atoms with E-state index in [4.69, 9.17) is 10.2 Å². The van der Waals surface area contributed by atoms with Gasteiger partial charge in [0.05, 0.1) is 21.8 Å². The van der Waals surface area contributed by atoms with E-state index in [1.807, 2.05) is 30.3 Å². The van der Waals surface area contributed by atoms with Crippen LogP contribution >= 0.6 is 23.3 Å². The molecule has 6 rings (SSSR count). The molecule has 0 spiro atoms. The van der Waals surface area contributed by atoms with E-state index in [2.05, 4.69) is 4.98 Å². The van der Waals surface area contributed by atoms with Gasteiger partial charge in [0.1, 0.15) is 5.82 Å². The summed E-state index contributed by atoms with van der Waals surface area (Å²) in [5.74, 6) is -1.14. The highest BCUT2D eigenvalue weighted by molar-refractivity contribution is 7.97. The molecule has 3 aromatic carbocycles. The van der Waals surface area contributed by atoms with Crippen LogP contribution in [0, 0.1) is 11.7 Å². The minimum Gasteiger partial charge on any atom is -0.476 e. The van der Waals surface area contributed by atoms with E-state index >= 15 is 0 Å². The van der Waals surface area contributed by atoms with Gasteiger partial charge in [-0.1, -0.05) is 36.4 Å². The lowest BCUT2D eigenvalue weighted by atomic mass is 9.95. The maximum atomic E-state index is 14.7. The summed E-state index contributed by atoms with van der Waals surface area (Å²) >= 11 is 2.00. The number of carboxylic acid groups (broad SMARTS) is 1. The Morgan fingerprint density at radius 3 is 2.42 bits per heavy atom. The Labute approximate surface area is 252 Å². The molecule has 2 aromatic heterocycles. The van der Waals surface area contributed by atoms with Crippen LogP contribution in [0.25, 0.3) is 27.5 Å². The first-order chi connectivity index (χ1) is 20.6. The quantitative estimate of drug-likeness (QED) is 0.127. The summed E-state index contributed by atoms with van der Waals surface area (Å²) in [5.41, 5.74) is 4.23. The number of halogens is 4. The molecule has 5 aromatic rings. The summed E-state index contributed by atoms with van der Waals surface area (Å²) in [6.07, 6.45) is -1.30. The zero-order valence-corrected chi connectivity index (χ0v) is 24.1. The molecular weight excluding hydrogens is 600 g/mol. The molecule has 2 heterocycles. The lowest BCUT2D eigenvalue weighted by Gasteiger charge is -2.11. The first kappa shape index (κ1) is 29.1. The number of rotatable bonds is 9. The Morgan fingerprint density at radius 2 is 1.79 bits per heavy atom. The second kappa shape index (κ2) is 11.6. The zero-order chi connectivity index (χ0) is 30.3. The molecule has 0 amide bonds. The number of hydrogen-bond donors (Lipinski definition) is 2. The van der Waals surface area contributed by atoms with Crippen LogP contribution in [-0.4, -0.2) is 25.8 Å². The standard InChI is InChI=1S/C31H24F4N4O2S2/c32-24-13-18(6-11-27(24)43-36)12-23-26(14-17-4-5-17)39(30-37-25(16-42-30)29(40)41)38-28(23)21-3-1-2-20(15-21)19-7-9-22(10-8-19)31(33,34)35/h1-3,6-11,13,15-17H,4-5,12,14,36H2,(H,40,41). The normalized spacial score (nSPS) is 13.4. The van der Waals surface area contributed by atoms with Gasteiger partial charge in [-0.25, -0.2) is 18.9 Å². The highest BCUT2D eigenvalue weighted by atomic mass is 32.2. The number of aromatic nitrogens is 3. The van der Waals surface area contributed by atoms with Crippen molar-refractivity contribution in [3.63, 3.8) is 0 Å². The molecule has 0 aliphatic heterocycles. The number of nitrogens with two attached hydrogens (primary N) is 1. The van der Waals surface area contributed by atoms with E-state index in [0.29, 0.717) is 56.7 Å². The molecular formula is C31H24F4N4O2S2. The lowest BCUT2D eigenvalue weighted by molar-refractivity contribution is -0.137. The van der Waals surface area contributed by atoms with Crippen molar-refractivity contribution in [2.75, 3.05) is 0 Å². The van der Waals surface area contributed by atoms with Gasteiger partial charge in [0.15, 0.2) is 5.69 Å². The molecule has 1 saturated carbocycles. The van der Waals surface area contributed by atoms with Crippen molar-refractivity contribution < 1.29 is 27.5 Å². The number of alkyl halides is 3. The van der Waals surface area contributed by atoms with E-state index in [0.717, 1.165) is 48.2 Å². The Bertz CT molecular complexity index is 1810. The van der Waals surface area contributed by atoms with Crippen molar-refractivity contribution in [3.05, 3.63) is 106 Å². The van der Waals surface area contributed by atoms with E-state index in [1.165, 1.54) is 34.9 Å². The highest BCUT2D eigenvalue weighted by Gasteiger charge is 2.31. The first-order valence-corrected chi connectivity index (χ1v) is 15.1. The average molecular weight is 625 g/mol. The third-order valence-electron chi connectivity index (χ3n) is 7.35. The topological polar surface area (TPSA) is 94.0 Å². The van der Waals surface area contributed by atoms with Crippen molar-refractivity contribution in [1.82, 2.24) is 14.8 Å². The molecule has 12 heteroatoms. The third kappa shape index (κ3) is 6.22. The zero-order valence-electron chi connectivity index (χ0n) is 22.4. The van der Waals surface area contributed by atoms with Gasteiger partial charge in [-0.15, -0.1) is 11.3 Å². The Balaban J connectivity index is 1.49. The fourth-order valence-corrected chi connectivity index (χ4v) is 6.07. The summed E-state index contributed by atoms with van der Waals surface area (Å²) in [6.45, 7) is 0. The number of thiazole rings is 1. The van der Waals surface area contributed by atoms with Gasteiger partial charge in [0, 0.05) is 22.9 Å². The SMILES string of the molecule is NSc1ccc(Cc2c(-c3cccc(-c4ccc(C(F)(F)F)cc4)c3)nn(-c3nc(C(=O)O)cs3)c2CC2CC2)cc1F. The second-order valence-electron chi connectivity index (χ2n) is 10.4. The predicted molar refractivity (Wildman–Crippen MR) is 158 cm³/mol. The van der Waals surface area contributed by atoms with E-state index in [-0.39, 0.29) is 5.69 Å². The van der Waals surface area contributed by atoms with Gasteiger partial charge in [0.25, 0.3) is 0 Å². The number of hydrogen-bond acceptors (Lipinski definition) is 6. The Morgan fingerprint density at radius 1 is 1.05 bits per heavy atom. The maximum absolute atomic E-state index is 14.7. The summed E-state index contributed by atoms with van der Waals surface area (Å²) < 4.78 is 55.8. The molecule has 1 aliphatic carbocycles. The van der Waals surface area contributed by atoms with Crippen LogP contribution in [0.2, 0.25) is 0 Å². The molecule has 0 radical (unpaired) electrons. The van der Waals surface area contributed by atoms with Crippen molar-refractivity contribution >= 4 is 29.3 Å². The summed E-state index contributed by atoms with van der Waals surface area (Å²) in [5, 5.41) is 21.9. The largest absolute Gasteiger partial charge is 0.476 e. The van der Waals surface area contributed by atoms with Crippen molar-refractivity contribution in [2.24, 2.45) is 11.1 Å². The van der Waals surface area contributed by atoms with Gasteiger partial charge in [0.2, 0.25) is 5.13 Å². The third-order valence-corrected chi connectivity index (χ3v) is 8.75. The molecule has 0 saturated heterocycles. The van der Waals surface area contributed by atoms with Crippen LogP contribution in [0.4, 0.5) is 17.6 Å². The summed E-state index contributed by atoms with van der Waals surface area (Å²) in [7, 11) is 0. The molecule has 0 bridgehead atoms. The first-order valence-electron chi connectivity index (χ1n) is 13.3. The molecule has 1 fully saturated rings.